The summed E-state index contributed by atoms with van der Waals surface area (Å²) in [5, 5.41) is 11.3. The maximum Gasteiger partial charge on any atom is 0.293 e. The lowest BCUT2D eigenvalue weighted by molar-refractivity contribution is -0.123. The number of rotatable bonds is 11. The first-order chi connectivity index (χ1) is 24.5. The SMILES string of the molecule is Cn1nc(N[S+](C)[O-])c2c(Cl)ccc(-c3cc(C(N)=O)cnc3C(Cc3cc(F)cc(F)c3)NC(=O)Cn3nc(C(F)F)c4c3C(F)(F)[C@@H]3C[C@H]43)c21. The number of aromatic nitrogens is 5. The van der Waals surface area contributed by atoms with Gasteiger partial charge in [0.1, 0.15) is 35.8 Å². The van der Waals surface area contributed by atoms with Crippen molar-refractivity contribution in [1.82, 2.24) is 29.9 Å². The summed E-state index contributed by atoms with van der Waals surface area (Å²) < 4.78 is 104. The lowest BCUT2D eigenvalue weighted by Crippen LogP contribution is -2.35. The third-order valence-electron chi connectivity index (χ3n) is 9.16. The number of nitrogens with zero attached hydrogens (tertiary/aromatic N) is 5. The number of aryl methyl sites for hydroxylation is 1. The van der Waals surface area contributed by atoms with Gasteiger partial charge in [-0.2, -0.15) is 23.7 Å². The van der Waals surface area contributed by atoms with E-state index in [4.69, 9.17) is 17.3 Å². The first-order valence-corrected chi connectivity index (χ1v) is 17.6. The quantitative estimate of drug-likeness (QED) is 0.113. The second kappa shape index (κ2) is 13.0. The first kappa shape index (κ1) is 35.6. The van der Waals surface area contributed by atoms with Crippen LogP contribution in [0.25, 0.3) is 22.0 Å². The van der Waals surface area contributed by atoms with Crippen molar-refractivity contribution in [2.75, 3.05) is 11.0 Å². The van der Waals surface area contributed by atoms with Crippen LogP contribution in [0.1, 0.15) is 63.4 Å². The van der Waals surface area contributed by atoms with Crippen molar-refractivity contribution >= 4 is 51.5 Å². The molecule has 0 aliphatic heterocycles. The van der Waals surface area contributed by atoms with E-state index >= 15 is 8.78 Å². The predicted octanol–water partition coefficient (Wildman–Crippen LogP) is 5.81. The summed E-state index contributed by atoms with van der Waals surface area (Å²) >= 11 is 5.00. The molecule has 0 radical (unpaired) electrons. The zero-order valence-corrected chi connectivity index (χ0v) is 28.6. The van der Waals surface area contributed by atoms with Crippen LogP contribution in [-0.4, -0.2) is 47.2 Å². The number of nitrogens with one attached hydrogen (secondary N) is 2. The Morgan fingerprint density at radius 2 is 1.83 bits per heavy atom. The molecule has 2 aliphatic rings. The molecule has 2 aromatic carbocycles. The second-order valence-electron chi connectivity index (χ2n) is 12.6. The van der Waals surface area contributed by atoms with Crippen molar-refractivity contribution in [3.63, 3.8) is 0 Å². The van der Waals surface area contributed by atoms with Crippen molar-refractivity contribution in [3.8, 4) is 11.1 Å². The molecule has 19 heteroatoms. The van der Waals surface area contributed by atoms with Gasteiger partial charge in [0.25, 0.3) is 12.3 Å². The maximum atomic E-state index is 15.3. The average molecular weight is 765 g/mol. The van der Waals surface area contributed by atoms with Crippen LogP contribution in [0.2, 0.25) is 5.02 Å². The number of fused-ring (bicyclic) bond motifs is 4. The Morgan fingerprint density at radius 3 is 2.48 bits per heavy atom. The highest BCUT2D eigenvalue weighted by atomic mass is 35.5. The molecule has 3 aromatic heterocycles. The Morgan fingerprint density at radius 1 is 1.12 bits per heavy atom. The van der Waals surface area contributed by atoms with Gasteiger partial charge in [0.05, 0.1) is 44.6 Å². The van der Waals surface area contributed by atoms with Gasteiger partial charge in [-0.15, -0.1) is 0 Å². The zero-order chi connectivity index (χ0) is 37.4. The summed E-state index contributed by atoms with van der Waals surface area (Å²) in [5.74, 6) is -8.94. The maximum absolute atomic E-state index is 15.3. The molecule has 2 unspecified atom stereocenters. The largest absolute Gasteiger partial charge is 0.593 e. The van der Waals surface area contributed by atoms with E-state index in [-0.39, 0.29) is 51.6 Å². The number of anilines is 1. The van der Waals surface area contributed by atoms with E-state index in [1.165, 1.54) is 23.1 Å². The van der Waals surface area contributed by atoms with Gasteiger partial charge in [-0.05, 0) is 48.6 Å². The molecule has 4 N–H and O–H groups in total. The summed E-state index contributed by atoms with van der Waals surface area (Å²) in [5.41, 5.74) is 4.70. The number of pyridine rings is 1. The van der Waals surface area contributed by atoms with Gasteiger partial charge in [0, 0.05) is 41.9 Å². The van der Waals surface area contributed by atoms with E-state index in [1.54, 1.807) is 13.1 Å². The van der Waals surface area contributed by atoms with Crippen LogP contribution in [-0.2, 0) is 42.1 Å². The number of carbonyl (C=O) groups excluding carboxylic acids is 2. The van der Waals surface area contributed by atoms with Gasteiger partial charge in [-0.1, -0.05) is 17.7 Å². The molecule has 0 bridgehead atoms. The van der Waals surface area contributed by atoms with Gasteiger partial charge in [-0.25, -0.2) is 17.6 Å². The monoisotopic (exact) mass is 764 g/mol. The number of hydrogen-bond acceptors (Lipinski definition) is 7. The Hall–Kier alpha value is -4.81. The van der Waals surface area contributed by atoms with Gasteiger partial charge in [0.15, 0.2) is 0 Å². The number of carbonyl (C=O) groups is 2. The summed E-state index contributed by atoms with van der Waals surface area (Å²) in [7, 11) is 1.57. The number of alkyl halides is 4. The van der Waals surface area contributed by atoms with Crippen LogP contribution in [0.15, 0.2) is 42.6 Å². The lowest BCUT2D eigenvalue weighted by atomic mass is 9.93. The van der Waals surface area contributed by atoms with Crippen LogP contribution in [0.3, 0.4) is 0 Å². The lowest BCUT2D eigenvalue weighted by Gasteiger charge is -2.23. The standard InChI is InChI=1S/C33H27ClF6N8O3S/c1-47-28-17(3-4-21(34)25(28)32(45-47)46-52(2)51)18-8-14(31(41)50)11-42-26(18)22(7-13-5-15(35)9-16(36)6-13)43-23(49)12-48-29-24(27(44-48)30(37)38)19-10-20(19)33(29,39)40/h3-6,8-9,11,19-20,22,30H,7,10,12H2,1-2H3,(H2,41,50)(H,43,49)(H,45,46)/t19-,20+,22?,52?/m0/s1. The van der Waals surface area contributed by atoms with E-state index in [0.717, 1.165) is 18.3 Å². The molecule has 2 amide bonds. The fourth-order valence-corrected chi connectivity index (χ4v) is 7.70. The normalized spacial score (nSPS) is 18.3. The molecule has 1 saturated carbocycles. The molecule has 7 rings (SSSR count). The van der Waals surface area contributed by atoms with E-state index in [9.17, 15) is 31.7 Å². The third-order valence-corrected chi connectivity index (χ3v) is 9.95. The minimum atomic E-state index is -3.49. The summed E-state index contributed by atoms with van der Waals surface area (Å²) in [6.45, 7) is -0.900. The molecule has 0 saturated heterocycles. The fraction of sp³-hybridized carbons (Fsp3) is 0.303. The van der Waals surface area contributed by atoms with Crippen molar-refractivity contribution in [2.24, 2.45) is 18.7 Å². The molecule has 272 valence electrons. The van der Waals surface area contributed by atoms with Crippen molar-refractivity contribution < 1.29 is 40.5 Å². The highest BCUT2D eigenvalue weighted by Crippen LogP contribution is 2.68. The number of benzene rings is 2. The number of amides is 2. The molecule has 3 heterocycles. The Balaban J connectivity index is 1.35. The topological polar surface area (TPSA) is 156 Å². The molecule has 4 atom stereocenters. The molecule has 1 fully saturated rings. The van der Waals surface area contributed by atoms with E-state index < -0.39 is 83.0 Å². The minimum absolute atomic E-state index is 0.0299. The van der Waals surface area contributed by atoms with Gasteiger partial charge < -0.3 is 15.6 Å². The number of halogens is 7. The van der Waals surface area contributed by atoms with Crippen LogP contribution < -0.4 is 15.8 Å². The number of nitrogens with two attached hydrogens (primary N) is 1. The third kappa shape index (κ3) is 6.21. The van der Waals surface area contributed by atoms with Crippen LogP contribution in [0.5, 0.6) is 0 Å². The molecular formula is C33H27ClF6N8O3S. The zero-order valence-electron chi connectivity index (χ0n) is 27.1. The van der Waals surface area contributed by atoms with Gasteiger partial charge in [0.2, 0.25) is 17.6 Å². The molecule has 52 heavy (non-hydrogen) atoms. The average Bonchev–Trinajstić information content (AvgIpc) is 3.59. The Kier molecular flexibility index (Phi) is 8.89. The molecule has 5 aromatic rings. The summed E-state index contributed by atoms with van der Waals surface area (Å²) in [6.07, 6.45) is -0.940. The summed E-state index contributed by atoms with van der Waals surface area (Å²) in [6, 6.07) is 5.85. The molecular weight excluding hydrogens is 738 g/mol. The smallest absolute Gasteiger partial charge is 0.293 e. The minimum Gasteiger partial charge on any atom is -0.593 e. The highest BCUT2D eigenvalue weighted by Gasteiger charge is 2.67. The predicted molar refractivity (Wildman–Crippen MR) is 178 cm³/mol. The molecule has 0 spiro atoms. The van der Waals surface area contributed by atoms with Crippen molar-refractivity contribution in [2.45, 2.75) is 43.7 Å². The van der Waals surface area contributed by atoms with E-state index in [2.05, 4.69) is 25.2 Å². The molecule has 11 nitrogen and oxygen atoms in total. The molecule has 2 aliphatic carbocycles. The van der Waals surface area contributed by atoms with Gasteiger partial charge >= 0.3 is 0 Å². The van der Waals surface area contributed by atoms with Crippen LogP contribution in [0.4, 0.5) is 32.2 Å². The van der Waals surface area contributed by atoms with E-state index in [0.29, 0.717) is 27.2 Å². The summed E-state index contributed by atoms with van der Waals surface area (Å²) in [4.78, 5) is 30.5. The Labute approximate surface area is 298 Å². The highest BCUT2D eigenvalue weighted by molar-refractivity contribution is 7.92. The van der Waals surface area contributed by atoms with E-state index in [1.807, 2.05) is 0 Å². The van der Waals surface area contributed by atoms with Crippen LogP contribution >= 0.6 is 11.6 Å². The second-order valence-corrected chi connectivity index (χ2v) is 14.2. The number of primary amides is 1. The van der Waals surface area contributed by atoms with Crippen molar-refractivity contribution in [1.29, 1.82) is 0 Å². The first-order valence-electron chi connectivity index (χ1n) is 15.6. The number of hydrogen-bond donors (Lipinski definition) is 3. The van der Waals surface area contributed by atoms with Gasteiger partial charge in [-0.3, -0.25) is 23.9 Å². The Bertz CT molecular complexity index is 2260. The van der Waals surface area contributed by atoms with Crippen LogP contribution in [0, 0.1) is 17.6 Å². The van der Waals surface area contributed by atoms with Crippen molar-refractivity contribution in [3.05, 3.63) is 93.0 Å². The fourth-order valence-electron chi connectivity index (χ4n) is 7.04.